The van der Waals surface area contributed by atoms with Crippen LogP contribution >= 0.6 is 0 Å². The summed E-state index contributed by atoms with van der Waals surface area (Å²) in [5, 5.41) is 12.0. The predicted octanol–water partition coefficient (Wildman–Crippen LogP) is 1.74. The van der Waals surface area contributed by atoms with Crippen LogP contribution in [0, 0.1) is 5.92 Å². The number of carbonyl (C=O) groups excluding carboxylic acids is 2. The molecule has 2 saturated heterocycles. The molecule has 0 saturated carbocycles. The van der Waals surface area contributed by atoms with Crippen LogP contribution in [0.1, 0.15) is 36.5 Å². The highest BCUT2D eigenvalue weighted by Crippen LogP contribution is 2.26. The van der Waals surface area contributed by atoms with Gasteiger partial charge in [0.05, 0.1) is 5.92 Å². The molecule has 2 aliphatic heterocycles. The molecule has 0 aliphatic carbocycles. The Morgan fingerprint density at radius 3 is 2.72 bits per heavy atom. The van der Waals surface area contributed by atoms with Gasteiger partial charge in [0.2, 0.25) is 0 Å². The largest absolute Gasteiger partial charge is 0.481 e. The molecule has 1 aromatic carbocycles. The van der Waals surface area contributed by atoms with E-state index < -0.39 is 18.0 Å². The summed E-state index contributed by atoms with van der Waals surface area (Å²) < 4.78 is 5.35. The minimum atomic E-state index is -0.875. The number of nitrogens with zero attached hydrogens (tertiary/aromatic N) is 1. The minimum Gasteiger partial charge on any atom is -0.481 e. The number of anilines is 1. The van der Waals surface area contributed by atoms with Crippen molar-refractivity contribution in [1.29, 1.82) is 0 Å². The van der Waals surface area contributed by atoms with Crippen LogP contribution in [-0.4, -0.2) is 53.1 Å². The van der Waals surface area contributed by atoms with E-state index in [1.807, 2.05) is 0 Å². The Bertz CT molecular complexity index is 684. The van der Waals surface area contributed by atoms with E-state index >= 15 is 0 Å². The summed E-state index contributed by atoms with van der Waals surface area (Å²) in [5.41, 5.74) is 0.969. The average molecular weight is 346 g/mol. The molecule has 3 unspecified atom stereocenters. The number of ether oxygens (including phenoxy) is 1. The van der Waals surface area contributed by atoms with E-state index in [0.29, 0.717) is 37.2 Å². The summed E-state index contributed by atoms with van der Waals surface area (Å²) in [4.78, 5) is 37.6. The third kappa shape index (κ3) is 3.66. The van der Waals surface area contributed by atoms with Crippen molar-refractivity contribution in [3.05, 3.63) is 29.8 Å². The molecule has 7 nitrogen and oxygen atoms in total. The van der Waals surface area contributed by atoms with Crippen molar-refractivity contribution in [3.8, 4) is 0 Å². The fraction of sp³-hybridized carbons (Fsp3) is 0.500. The lowest BCUT2D eigenvalue weighted by molar-refractivity contribution is -0.142. The SMILES string of the molecule is CC1C(C(=O)O)CCN1C(=O)c1cccc(NC(=O)C2CCCO2)c1. The maximum atomic E-state index is 12.7. The van der Waals surface area contributed by atoms with E-state index in [4.69, 9.17) is 4.74 Å². The number of carboxylic acid groups (broad SMARTS) is 1. The molecule has 0 bridgehead atoms. The first kappa shape index (κ1) is 17.4. The zero-order valence-corrected chi connectivity index (χ0v) is 14.1. The Kier molecular flexibility index (Phi) is 5.03. The van der Waals surface area contributed by atoms with Crippen LogP contribution in [0.4, 0.5) is 5.69 Å². The fourth-order valence-electron chi connectivity index (χ4n) is 3.46. The number of hydrogen-bond acceptors (Lipinski definition) is 4. The van der Waals surface area contributed by atoms with Crippen LogP contribution in [0.15, 0.2) is 24.3 Å². The van der Waals surface area contributed by atoms with Crippen LogP contribution in [0.3, 0.4) is 0 Å². The summed E-state index contributed by atoms with van der Waals surface area (Å²) >= 11 is 0. The molecule has 0 spiro atoms. The number of carboxylic acids is 1. The Hall–Kier alpha value is -2.41. The molecule has 2 N–H and O–H groups in total. The van der Waals surface area contributed by atoms with Gasteiger partial charge in [0.15, 0.2) is 0 Å². The Balaban J connectivity index is 1.69. The molecular formula is C18H22N2O5. The molecule has 7 heteroatoms. The van der Waals surface area contributed by atoms with Gasteiger partial charge < -0.3 is 20.1 Å². The highest BCUT2D eigenvalue weighted by molar-refractivity contribution is 5.98. The van der Waals surface area contributed by atoms with Crippen molar-refractivity contribution in [3.63, 3.8) is 0 Å². The van der Waals surface area contributed by atoms with E-state index in [-0.39, 0.29) is 17.9 Å². The number of benzene rings is 1. The van der Waals surface area contributed by atoms with Crippen LogP contribution in [0.5, 0.6) is 0 Å². The van der Waals surface area contributed by atoms with E-state index in [1.165, 1.54) is 0 Å². The number of hydrogen-bond donors (Lipinski definition) is 2. The number of nitrogens with one attached hydrogen (secondary N) is 1. The third-order valence-corrected chi connectivity index (χ3v) is 4.93. The molecule has 1 aromatic rings. The second-order valence-corrected chi connectivity index (χ2v) is 6.54. The van der Waals surface area contributed by atoms with Gasteiger partial charge in [-0.3, -0.25) is 14.4 Å². The lowest BCUT2D eigenvalue weighted by Crippen LogP contribution is -2.37. The zero-order valence-electron chi connectivity index (χ0n) is 14.1. The number of amides is 2. The summed E-state index contributed by atoms with van der Waals surface area (Å²) in [7, 11) is 0. The first-order valence-corrected chi connectivity index (χ1v) is 8.53. The van der Waals surface area contributed by atoms with Gasteiger partial charge in [0, 0.05) is 30.4 Å². The van der Waals surface area contributed by atoms with Gasteiger partial charge in [-0.05, 0) is 44.4 Å². The summed E-state index contributed by atoms with van der Waals surface area (Å²) in [6, 6.07) is 6.36. The number of carbonyl (C=O) groups is 3. The van der Waals surface area contributed by atoms with E-state index in [1.54, 1.807) is 36.1 Å². The molecule has 2 heterocycles. The van der Waals surface area contributed by atoms with Crippen LogP contribution in [0.25, 0.3) is 0 Å². The summed E-state index contributed by atoms with van der Waals surface area (Å²) in [6.45, 7) is 2.77. The highest BCUT2D eigenvalue weighted by atomic mass is 16.5. The lowest BCUT2D eigenvalue weighted by atomic mass is 10.0. The van der Waals surface area contributed by atoms with Gasteiger partial charge in [-0.15, -0.1) is 0 Å². The first-order valence-electron chi connectivity index (χ1n) is 8.53. The molecule has 2 amide bonds. The molecule has 3 atom stereocenters. The predicted molar refractivity (Wildman–Crippen MR) is 90.3 cm³/mol. The minimum absolute atomic E-state index is 0.206. The van der Waals surface area contributed by atoms with Crippen molar-refractivity contribution < 1.29 is 24.2 Å². The van der Waals surface area contributed by atoms with Gasteiger partial charge in [0.25, 0.3) is 11.8 Å². The number of likely N-dealkylation sites (tertiary alicyclic amines) is 1. The monoisotopic (exact) mass is 346 g/mol. The third-order valence-electron chi connectivity index (χ3n) is 4.93. The van der Waals surface area contributed by atoms with E-state index in [0.717, 1.165) is 6.42 Å². The quantitative estimate of drug-likeness (QED) is 0.866. The normalized spacial score (nSPS) is 25.8. The lowest BCUT2D eigenvalue weighted by Gasteiger charge is -2.23. The van der Waals surface area contributed by atoms with E-state index in [9.17, 15) is 19.5 Å². The Morgan fingerprint density at radius 1 is 1.28 bits per heavy atom. The maximum Gasteiger partial charge on any atom is 0.308 e. The van der Waals surface area contributed by atoms with Gasteiger partial charge >= 0.3 is 5.97 Å². The topological polar surface area (TPSA) is 95.9 Å². The Labute approximate surface area is 146 Å². The van der Waals surface area contributed by atoms with Crippen LogP contribution in [-0.2, 0) is 14.3 Å². The number of rotatable bonds is 4. The first-order chi connectivity index (χ1) is 12.0. The van der Waals surface area contributed by atoms with Crippen LogP contribution in [0.2, 0.25) is 0 Å². The summed E-state index contributed by atoms with van der Waals surface area (Å²) in [6.07, 6.45) is 1.59. The molecule has 0 aromatic heterocycles. The highest BCUT2D eigenvalue weighted by Gasteiger charge is 2.38. The molecular weight excluding hydrogens is 324 g/mol. The van der Waals surface area contributed by atoms with Crippen molar-refractivity contribution in [2.75, 3.05) is 18.5 Å². The standard InChI is InChI=1S/C18H22N2O5/c1-11-14(18(23)24)7-8-20(11)17(22)12-4-2-5-13(10-12)19-16(21)15-6-3-9-25-15/h2,4-5,10-11,14-15H,3,6-9H2,1H3,(H,19,21)(H,23,24). The molecule has 0 radical (unpaired) electrons. The van der Waals surface area contributed by atoms with E-state index in [2.05, 4.69) is 5.32 Å². The molecule has 134 valence electrons. The van der Waals surface area contributed by atoms with Crippen molar-refractivity contribution in [2.45, 2.75) is 38.3 Å². The average Bonchev–Trinajstić information content (AvgIpc) is 3.24. The van der Waals surface area contributed by atoms with Crippen molar-refractivity contribution in [1.82, 2.24) is 4.90 Å². The van der Waals surface area contributed by atoms with Crippen molar-refractivity contribution in [2.24, 2.45) is 5.92 Å². The van der Waals surface area contributed by atoms with Gasteiger partial charge in [-0.1, -0.05) is 6.07 Å². The van der Waals surface area contributed by atoms with Gasteiger partial charge in [-0.2, -0.15) is 0 Å². The second-order valence-electron chi connectivity index (χ2n) is 6.54. The van der Waals surface area contributed by atoms with Gasteiger partial charge in [0.1, 0.15) is 6.10 Å². The smallest absolute Gasteiger partial charge is 0.308 e. The van der Waals surface area contributed by atoms with Crippen molar-refractivity contribution >= 4 is 23.5 Å². The zero-order chi connectivity index (χ0) is 18.0. The molecule has 3 rings (SSSR count). The molecule has 25 heavy (non-hydrogen) atoms. The van der Waals surface area contributed by atoms with Gasteiger partial charge in [-0.25, -0.2) is 0 Å². The fourth-order valence-corrected chi connectivity index (χ4v) is 3.46. The Morgan fingerprint density at radius 2 is 2.08 bits per heavy atom. The molecule has 2 fully saturated rings. The second kappa shape index (κ2) is 7.23. The van der Waals surface area contributed by atoms with Crippen LogP contribution < -0.4 is 5.32 Å². The molecule has 2 aliphatic rings. The summed E-state index contributed by atoms with van der Waals surface area (Å²) in [5.74, 6) is -1.83. The maximum absolute atomic E-state index is 12.7. The number of aliphatic carboxylic acids is 1.